The molecular formula is C15H16N2O. The molecule has 0 amide bonds. The van der Waals surface area contributed by atoms with Crippen LogP contribution in [0, 0.1) is 12.3 Å². The average Bonchev–Trinajstić information content (AvgIpc) is 2.38. The maximum Gasteiger partial charge on any atom is 0.122 e. The molecule has 3 N–H and O–H groups in total. The predicted molar refractivity (Wildman–Crippen MR) is 73.0 cm³/mol. The van der Waals surface area contributed by atoms with Crippen LogP contribution in [0.1, 0.15) is 16.7 Å². The van der Waals surface area contributed by atoms with Gasteiger partial charge in [-0.25, -0.2) is 0 Å². The number of hydrogen-bond acceptors (Lipinski definition) is 2. The van der Waals surface area contributed by atoms with E-state index in [0.717, 1.165) is 22.4 Å². The van der Waals surface area contributed by atoms with Crippen molar-refractivity contribution >= 4 is 5.84 Å². The fraction of sp³-hybridized carbons (Fsp3) is 0.133. The summed E-state index contributed by atoms with van der Waals surface area (Å²) in [6, 6.07) is 15.4. The highest BCUT2D eigenvalue weighted by Crippen LogP contribution is 2.18. The Hall–Kier alpha value is -2.29. The molecule has 0 unspecified atom stereocenters. The molecule has 0 saturated heterocycles. The molecule has 2 aromatic rings. The van der Waals surface area contributed by atoms with Crippen LogP contribution in [0.2, 0.25) is 0 Å². The molecule has 0 saturated carbocycles. The number of hydrogen-bond donors (Lipinski definition) is 2. The van der Waals surface area contributed by atoms with Crippen molar-refractivity contribution in [2.45, 2.75) is 13.5 Å². The van der Waals surface area contributed by atoms with Gasteiger partial charge in [0.15, 0.2) is 0 Å². The SMILES string of the molecule is Cc1ccccc1OCc1cccc(C(=N)N)c1. The molecule has 0 aromatic heterocycles. The number of nitrogen functional groups attached to an aromatic ring is 1. The molecule has 0 radical (unpaired) electrons. The van der Waals surface area contributed by atoms with Crippen LogP contribution >= 0.6 is 0 Å². The molecule has 92 valence electrons. The summed E-state index contributed by atoms with van der Waals surface area (Å²) in [4.78, 5) is 0. The molecular weight excluding hydrogens is 224 g/mol. The topological polar surface area (TPSA) is 59.1 Å². The zero-order valence-electron chi connectivity index (χ0n) is 10.3. The lowest BCUT2D eigenvalue weighted by Gasteiger charge is -2.09. The molecule has 3 heteroatoms. The predicted octanol–water partition coefficient (Wildman–Crippen LogP) is 2.86. The Labute approximate surface area is 107 Å². The normalized spacial score (nSPS) is 10.1. The van der Waals surface area contributed by atoms with E-state index in [-0.39, 0.29) is 5.84 Å². The van der Waals surface area contributed by atoms with Gasteiger partial charge in [0.05, 0.1) is 0 Å². The van der Waals surface area contributed by atoms with Gasteiger partial charge in [0.25, 0.3) is 0 Å². The van der Waals surface area contributed by atoms with E-state index in [9.17, 15) is 0 Å². The number of benzene rings is 2. The van der Waals surface area contributed by atoms with Crippen LogP contribution < -0.4 is 10.5 Å². The summed E-state index contributed by atoms with van der Waals surface area (Å²) in [6.45, 7) is 2.49. The highest BCUT2D eigenvalue weighted by Gasteiger charge is 2.01. The molecule has 2 aromatic carbocycles. The van der Waals surface area contributed by atoms with E-state index in [1.54, 1.807) is 0 Å². The second-order valence-electron chi connectivity index (χ2n) is 4.17. The van der Waals surface area contributed by atoms with Gasteiger partial charge in [-0.3, -0.25) is 5.41 Å². The van der Waals surface area contributed by atoms with Crippen LogP contribution in [-0.2, 0) is 6.61 Å². The van der Waals surface area contributed by atoms with Gasteiger partial charge in [-0.05, 0) is 30.2 Å². The summed E-state index contributed by atoms with van der Waals surface area (Å²) < 4.78 is 5.75. The van der Waals surface area contributed by atoms with Crippen LogP contribution in [0.3, 0.4) is 0 Å². The number of amidine groups is 1. The van der Waals surface area contributed by atoms with Gasteiger partial charge in [-0.2, -0.15) is 0 Å². The van der Waals surface area contributed by atoms with Gasteiger partial charge in [-0.1, -0.05) is 36.4 Å². The second kappa shape index (κ2) is 5.36. The van der Waals surface area contributed by atoms with Crippen molar-refractivity contribution < 1.29 is 4.74 Å². The van der Waals surface area contributed by atoms with Crippen molar-refractivity contribution in [1.29, 1.82) is 5.41 Å². The first kappa shape index (κ1) is 12.2. The van der Waals surface area contributed by atoms with Crippen molar-refractivity contribution in [2.75, 3.05) is 0 Å². The molecule has 0 aliphatic carbocycles. The summed E-state index contributed by atoms with van der Waals surface area (Å²) in [6.07, 6.45) is 0. The average molecular weight is 240 g/mol. The van der Waals surface area contributed by atoms with Crippen LogP contribution in [0.15, 0.2) is 48.5 Å². The van der Waals surface area contributed by atoms with Crippen molar-refractivity contribution in [3.05, 3.63) is 65.2 Å². The zero-order chi connectivity index (χ0) is 13.0. The quantitative estimate of drug-likeness (QED) is 0.637. The van der Waals surface area contributed by atoms with Gasteiger partial charge < -0.3 is 10.5 Å². The van der Waals surface area contributed by atoms with Crippen LogP contribution in [0.25, 0.3) is 0 Å². The number of rotatable bonds is 4. The molecule has 0 heterocycles. The van der Waals surface area contributed by atoms with E-state index in [2.05, 4.69) is 0 Å². The Morgan fingerprint density at radius 3 is 2.67 bits per heavy atom. The lowest BCUT2D eigenvalue weighted by Crippen LogP contribution is -2.11. The lowest BCUT2D eigenvalue weighted by molar-refractivity contribution is 0.304. The standard InChI is InChI=1S/C15H16N2O/c1-11-5-2-3-8-14(11)18-10-12-6-4-7-13(9-12)15(16)17/h2-9H,10H2,1H3,(H3,16,17). The zero-order valence-corrected chi connectivity index (χ0v) is 10.3. The monoisotopic (exact) mass is 240 g/mol. The van der Waals surface area contributed by atoms with Crippen molar-refractivity contribution in [3.8, 4) is 5.75 Å². The Balaban J connectivity index is 2.09. The van der Waals surface area contributed by atoms with E-state index in [1.807, 2.05) is 55.5 Å². The van der Waals surface area contributed by atoms with Crippen molar-refractivity contribution in [1.82, 2.24) is 0 Å². The maximum atomic E-state index is 7.40. The Morgan fingerprint density at radius 2 is 1.94 bits per heavy atom. The van der Waals surface area contributed by atoms with Crippen LogP contribution in [-0.4, -0.2) is 5.84 Å². The Morgan fingerprint density at radius 1 is 1.17 bits per heavy atom. The molecule has 0 spiro atoms. The lowest BCUT2D eigenvalue weighted by atomic mass is 10.1. The third-order valence-electron chi connectivity index (χ3n) is 2.73. The summed E-state index contributed by atoms with van der Waals surface area (Å²) in [7, 11) is 0. The number of nitrogens with two attached hydrogens (primary N) is 1. The number of nitrogens with one attached hydrogen (secondary N) is 1. The van der Waals surface area contributed by atoms with Gasteiger partial charge in [-0.15, -0.1) is 0 Å². The Kier molecular flexibility index (Phi) is 3.63. The minimum atomic E-state index is 0.0766. The summed E-state index contributed by atoms with van der Waals surface area (Å²) in [5.74, 6) is 0.957. The fourth-order valence-electron chi connectivity index (χ4n) is 1.71. The summed E-state index contributed by atoms with van der Waals surface area (Å²) in [5, 5.41) is 7.40. The first-order valence-electron chi connectivity index (χ1n) is 5.78. The van der Waals surface area contributed by atoms with Crippen molar-refractivity contribution in [2.24, 2.45) is 5.73 Å². The molecule has 0 aliphatic rings. The number of ether oxygens (including phenoxy) is 1. The maximum absolute atomic E-state index is 7.40. The Bertz CT molecular complexity index is 564. The molecule has 0 bridgehead atoms. The van der Waals surface area contributed by atoms with E-state index < -0.39 is 0 Å². The molecule has 0 fully saturated rings. The summed E-state index contributed by atoms with van der Waals surface area (Å²) in [5.41, 5.74) is 8.30. The fourth-order valence-corrected chi connectivity index (χ4v) is 1.71. The third kappa shape index (κ3) is 2.88. The molecule has 3 nitrogen and oxygen atoms in total. The molecule has 18 heavy (non-hydrogen) atoms. The highest BCUT2D eigenvalue weighted by atomic mass is 16.5. The highest BCUT2D eigenvalue weighted by molar-refractivity contribution is 5.95. The molecule has 0 atom stereocenters. The van der Waals surface area contributed by atoms with E-state index in [0.29, 0.717) is 6.61 Å². The van der Waals surface area contributed by atoms with Gasteiger partial charge in [0, 0.05) is 5.56 Å². The minimum Gasteiger partial charge on any atom is -0.489 e. The largest absolute Gasteiger partial charge is 0.489 e. The van der Waals surface area contributed by atoms with E-state index in [1.165, 1.54) is 0 Å². The van der Waals surface area contributed by atoms with Crippen LogP contribution in [0.4, 0.5) is 0 Å². The van der Waals surface area contributed by atoms with Crippen LogP contribution in [0.5, 0.6) is 5.75 Å². The number of aryl methyl sites for hydroxylation is 1. The van der Waals surface area contributed by atoms with Gasteiger partial charge in [0.2, 0.25) is 0 Å². The minimum absolute atomic E-state index is 0.0766. The number of para-hydroxylation sites is 1. The summed E-state index contributed by atoms with van der Waals surface area (Å²) >= 11 is 0. The smallest absolute Gasteiger partial charge is 0.122 e. The van der Waals surface area contributed by atoms with E-state index in [4.69, 9.17) is 15.9 Å². The third-order valence-corrected chi connectivity index (χ3v) is 2.73. The van der Waals surface area contributed by atoms with Gasteiger partial charge >= 0.3 is 0 Å². The second-order valence-corrected chi connectivity index (χ2v) is 4.17. The van der Waals surface area contributed by atoms with Gasteiger partial charge in [0.1, 0.15) is 18.2 Å². The first-order valence-corrected chi connectivity index (χ1v) is 5.78. The molecule has 0 aliphatic heterocycles. The van der Waals surface area contributed by atoms with E-state index >= 15 is 0 Å². The molecule has 2 rings (SSSR count). The first-order chi connectivity index (χ1) is 8.66. The van der Waals surface area contributed by atoms with Crippen molar-refractivity contribution in [3.63, 3.8) is 0 Å².